The van der Waals surface area contributed by atoms with Crippen LogP contribution in [0.15, 0.2) is 81.1 Å². The van der Waals surface area contributed by atoms with Gasteiger partial charge < -0.3 is 5.11 Å². The van der Waals surface area contributed by atoms with Crippen molar-refractivity contribution >= 4 is 54.9 Å². The Morgan fingerprint density at radius 1 is 1.00 bits per heavy atom. The summed E-state index contributed by atoms with van der Waals surface area (Å²) in [4.78, 5) is 11.2. The summed E-state index contributed by atoms with van der Waals surface area (Å²) in [7, 11) is -4.20. The van der Waals surface area contributed by atoms with E-state index in [1.165, 1.54) is 41.1 Å². The van der Waals surface area contributed by atoms with E-state index in [4.69, 9.17) is 23.2 Å². The molecule has 0 aliphatic rings. The lowest BCUT2D eigenvalue weighted by atomic mass is 10.1. The number of halogens is 3. The van der Waals surface area contributed by atoms with Crippen LogP contribution in [0.1, 0.15) is 10.4 Å². The second-order valence-corrected chi connectivity index (χ2v) is 10.2. The molecule has 0 spiro atoms. The molecule has 1 heterocycles. The van der Waals surface area contributed by atoms with Crippen LogP contribution in [0, 0.1) is 0 Å². The van der Waals surface area contributed by atoms with E-state index >= 15 is 0 Å². The first-order valence-electron chi connectivity index (χ1n) is 8.94. The molecule has 1 N–H and O–H groups in total. The van der Waals surface area contributed by atoms with Gasteiger partial charge in [0, 0.05) is 15.1 Å². The van der Waals surface area contributed by atoms with Gasteiger partial charge in [-0.05, 0) is 48.5 Å². The molecule has 32 heavy (non-hydrogen) atoms. The Balaban J connectivity index is 1.99. The molecule has 0 unspecified atom stereocenters. The van der Waals surface area contributed by atoms with Gasteiger partial charge in [-0.25, -0.2) is 17.9 Å². The Morgan fingerprint density at radius 2 is 1.72 bits per heavy atom. The van der Waals surface area contributed by atoms with Gasteiger partial charge in [0.15, 0.2) is 0 Å². The lowest BCUT2D eigenvalue weighted by Gasteiger charge is -2.10. The Kier molecular flexibility index (Phi) is 6.09. The first-order valence-corrected chi connectivity index (χ1v) is 12.0. The number of benzene rings is 3. The van der Waals surface area contributed by atoms with Gasteiger partial charge >= 0.3 is 5.97 Å². The summed E-state index contributed by atoms with van der Waals surface area (Å²) in [5, 5.41) is 17.2. The summed E-state index contributed by atoms with van der Waals surface area (Å²) in [6.07, 6.45) is 0. The number of aromatic nitrogens is 3. The second-order valence-electron chi connectivity index (χ2n) is 6.60. The van der Waals surface area contributed by atoms with Crippen molar-refractivity contribution in [3.63, 3.8) is 0 Å². The third-order valence-electron chi connectivity index (χ3n) is 4.53. The maximum atomic E-state index is 13.5. The van der Waals surface area contributed by atoms with Crippen LogP contribution in [-0.2, 0) is 9.84 Å². The number of nitrogens with zero attached hydrogens (tertiary/aromatic N) is 3. The molecule has 162 valence electrons. The fraction of sp³-hybridized carbons (Fsp3) is 0. The van der Waals surface area contributed by atoms with Crippen molar-refractivity contribution in [3.8, 4) is 16.9 Å². The van der Waals surface area contributed by atoms with Gasteiger partial charge in [0.1, 0.15) is 5.69 Å². The predicted molar refractivity (Wildman–Crippen MR) is 123 cm³/mol. The quantitative estimate of drug-likeness (QED) is 0.349. The Labute approximate surface area is 201 Å². The fourth-order valence-electron chi connectivity index (χ4n) is 3.05. The molecular weight excluding hydrogens is 541 g/mol. The van der Waals surface area contributed by atoms with Gasteiger partial charge in [0.25, 0.3) is 0 Å². The monoisotopic (exact) mass is 551 g/mol. The average molecular weight is 553 g/mol. The third-order valence-corrected chi connectivity index (χ3v) is 7.44. The van der Waals surface area contributed by atoms with Crippen LogP contribution in [0.5, 0.6) is 0 Å². The molecule has 0 saturated heterocycles. The van der Waals surface area contributed by atoms with Gasteiger partial charge in [-0.2, -0.15) is 0 Å². The smallest absolute Gasteiger partial charge is 0.335 e. The van der Waals surface area contributed by atoms with Crippen molar-refractivity contribution < 1.29 is 18.3 Å². The average Bonchev–Trinajstić information content (AvgIpc) is 3.20. The summed E-state index contributed by atoms with van der Waals surface area (Å²) < 4.78 is 29.1. The van der Waals surface area contributed by atoms with Crippen molar-refractivity contribution in [3.05, 3.63) is 86.8 Å². The minimum Gasteiger partial charge on any atom is -0.478 e. The van der Waals surface area contributed by atoms with Crippen molar-refractivity contribution in [2.75, 3.05) is 0 Å². The van der Waals surface area contributed by atoms with Crippen molar-refractivity contribution in [1.82, 2.24) is 15.0 Å². The zero-order valence-corrected chi connectivity index (χ0v) is 19.8. The summed E-state index contributed by atoms with van der Waals surface area (Å²) in [6.45, 7) is 0. The van der Waals surface area contributed by atoms with Crippen molar-refractivity contribution in [2.45, 2.75) is 9.92 Å². The molecule has 0 atom stereocenters. The molecule has 0 aliphatic heterocycles. The van der Waals surface area contributed by atoms with Gasteiger partial charge in [-0.3, -0.25) is 0 Å². The highest BCUT2D eigenvalue weighted by Crippen LogP contribution is 2.35. The summed E-state index contributed by atoms with van der Waals surface area (Å²) in [5.74, 6) is -1.13. The first-order chi connectivity index (χ1) is 15.2. The maximum Gasteiger partial charge on any atom is 0.335 e. The number of rotatable bonds is 5. The molecule has 0 bridgehead atoms. The lowest BCUT2D eigenvalue weighted by molar-refractivity contribution is 0.0697. The van der Waals surface area contributed by atoms with Crippen molar-refractivity contribution in [2.24, 2.45) is 0 Å². The minimum absolute atomic E-state index is 0.0184. The zero-order chi connectivity index (χ0) is 23.0. The third kappa shape index (κ3) is 4.16. The van der Waals surface area contributed by atoms with Gasteiger partial charge in [-0.1, -0.05) is 62.5 Å². The molecule has 0 saturated carbocycles. The van der Waals surface area contributed by atoms with E-state index in [-0.39, 0.29) is 31.2 Å². The highest BCUT2D eigenvalue weighted by molar-refractivity contribution is 9.10. The van der Waals surface area contributed by atoms with E-state index in [0.717, 1.165) is 4.47 Å². The van der Waals surface area contributed by atoms with Gasteiger partial charge in [0.05, 0.1) is 21.2 Å². The molecule has 0 fully saturated rings. The van der Waals surface area contributed by atoms with Crippen LogP contribution >= 0.6 is 39.1 Å². The number of hydrogen-bond acceptors (Lipinski definition) is 5. The summed E-state index contributed by atoms with van der Waals surface area (Å²) in [6, 6.07) is 16.9. The number of carboxylic acid groups (broad SMARTS) is 1. The van der Waals surface area contributed by atoms with E-state index in [9.17, 15) is 18.3 Å². The molecule has 4 rings (SSSR count). The molecule has 11 heteroatoms. The number of carbonyl (C=O) groups is 1. The number of carboxylic acids is 1. The second kappa shape index (κ2) is 8.67. The molecule has 0 radical (unpaired) electrons. The highest BCUT2D eigenvalue weighted by atomic mass is 79.9. The molecule has 0 amide bonds. The Morgan fingerprint density at radius 3 is 2.38 bits per heavy atom. The molecule has 4 aromatic rings. The van der Waals surface area contributed by atoms with Gasteiger partial charge in [0.2, 0.25) is 14.9 Å². The Hall–Kier alpha value is -2.72. The largest absolute Gasteiger partial charge is 0.478 e. The maximum absolute atomic E-state index is 13.5. The van der Waals surface area contributed by atoms with Crippen LogP contribution < -0.4 is 0 Å². The first kappa shape index (κ1) is 22.5. The topological polar surface area (TPSA) is 102 Å². The molecular formula is C21H12BrCl2N3O4S. The van der Waals surface area contributed by atoms with Crippen LogP contribution in [0.2, 0.25) is 10.0 Å². The van der Waals surface area contributed by atoms with E-state index in [2.05, 4.69) is 26.2 Å². The normalized spacial score (nSPS) is 11.5. The van der Waals surface area contributed by atoms with E-state index in [0.29, 0.717) is 11.3 Å². The van der Waals surface area contributed by atoms with E-state index < -0.39 is 15.8 Å². The standard InChI is InChI=1S/C21H12BrCl2N3O4S/c22-14-6-4-12(5-7-14)19-20(32(30,31)18-9-8-15(23)11-17(18)24)25-26-27(19)16-3-1-2-13(10-16)21(28)29/h1-11H,(H,28,29). The SMILES string of the molecule is O=C(O)c1cccc(-n2nnc(S(=O)(=O)c3ccc(Cl)cc3Cl)c2-c2ccc(Br)cc2)c1. The molecule has 7 nitrogen and oxygen atoms in total. The van der Waals surface area contributed by atoms with E-state index in [1.54, 1.807) is 30.3 Å². The van der Waals surface area contributed by atoms with Crippen LogP contribution in [0.3, 0.4) is 0 Å². The number of aromatic carboxylic acids is 1. The number of sulfone groups is 1. The van der Waals surface area contributed by atoms with Crippen LogP contribution in [-0.4, -0.2) is 34.5 Å². The van der Waals surface area contributed by atoms with Crippen LogP contribution in [0.4, 0.5) is 0 Å². The minimum atomic E-state index is -4.20. The van der Waals surface area contributed by atoms with Crippen LogP contribution in [0.25, 0.3) is 16.9 Å². The van der Waals surface area contributed by atoms with E-state index in [1.807, 2.05) is 0 Å². The summed E-state index contributed by atoms with van der Waals surface area (Å²) >= 11 is 15.4. The number of hydrogen-bond donors (Lipinski definition) is 1. The predicted octanol–water partition coefficient (Wildman–Crippen LogP) is 5.53. The fourth-order valence-corrected chi connectivity index (χ4v) is 5.40. The van der Waals surface area contributed by atoms with Gasteiger partial charge in [-0.15, -0.1) is 5.10 Å². The molecule has 3 aromatic carbocycles. The lowest BCUT2D eigenvalue weighted by Crippen LogP contribution is -2.07. The molecule has 0 aliphatic carbocycles. The highest BCUT2D eigenvalue weighted by Gasteiger charge is 2.31. The summed E-state index contributed by atoms with van der Waals surface area (Å²) in [5.41, 5.74) is 1.01. The Bertz CT molecular complexity index is 1450. The molecule has 1 aromatic heterocycles. The zero-order valence-electron chi connectivity index (χ0n) is 15.9. The van der Waals surface area contributed by atoms with Crippen molar-refractivity contribution in [1.29, 1.82) is 0 Å².